The van der Waals surface area contributed by atoms with Crippen LogP contribution in [0.4, 0.5) is 0 Å². The Labute approximate surface area is 208 Å². The van der Waals surface area contributed by atoms with Crippen molar-refractivity contribution in [3.8, 4) is 5.75 Å². The van der Waals surface area contributed by atoms with E-state index in [9.17, 15) is 14.7 Å². The van der Waals surface area contributed by atoms with Crippen LogP contribution in [-0.2, 0) is 24.2 Å². The van der Waals surface area contributed by atoms with E-state index in [1.54, 1.807) is 36.4 Å². The van der Waals surface area contributed by atoms with E-state index in [1.165, 1.54) is 4.90 Å². The maximum atomic E-state index is 13.2. The molecular formula is C27H25Cl2NO4. The first-order chi connectivity index (χ1) is 16.2. The normalized spacial score (nSPS) is 16.9. The van der Waals surface area contributed by atoms with Gasteiger partial charge in [-0.05, 0) is 72.9 Å². The summed E-state index contributed by atoms with van der Waals surface area (Å²) in [6.45, 7) is 1.84. The van der Waals surface area contributed by atoms with Crippen LogP contribution in [0, 0.1) is 0 Å². The van der Waals surface area contributed by atoms with E-state index in [-0.39, 0.29) is 12.5 Å². The highest BCUT2D eigenvalue weighted by molar-refractivity contribution is 6.31. The fraction of sp³-hybridized carbons (Fsp3) is 0.259. The molecule has 0 saturated heterocycles. The summed E-state index contributed by atoms with van der Waals surface area (Å²) < 4.78 is 6.35. The van der Waals surface area contributed by atoms with Gasteiger partial charge < -0.3 is 14.7 Å². The minimum atomic E-state index is -1.07. The second-order valence-corrected chi connectivity index (χ2v) is 9.67. The molecule has 1 aliphatic rings. The number of carbonyl (C=O) groups is 2. The Morgan fingerprint density at radius 3 is 2.50 bits per heavy atom. The molecule has 4 rings (SSSR count). The van der Waals surface area contributed by atoms with Gasteiger partial charge in [0.2, 0.25) is 0 Å². The lowest BCUT2D eigenvalue weighted by Crippen LogP contribution is -2.39. The van der Waals surface area contributed by atoms with E-state index in [1.807, 2.05) is 30.3 Å². The van der Waals surface area contributed by atoms with Crippen LogP contribution >= 0.6 is 23.2 Å². The first-order valence-corrected chi connectivity index (χ1v) is 11.8. The predicted octanol–water partition coefficient (Wildman–Crippen LogP) is 6.05. The molecule has 0 unspecified atom stereocenters. The Morgan fingerprint density at radius 2 is 1.79 bits per heavy atom. The SMILES string of the molecule is C[C@@]1(Cc2ccccc2Cl)CCc2cc(C(=O)N(CC(=O)O)Cc3ccc(Cl)cc3)ccc2O1. The molecule has 176 valence electrons. The molecule has 3 aromatic rings. The third-order valence-corrected chi connectivity index (χ3v) is 6.63. The lowest BCUT2D eigenvalue weighted by atomic mass is 9.86. The van der Waals surface area contributed by atoms with Crippen molar-refractivity contribution in [3.05, 3.63) is 99.0 Å². The third kappa shape index (κ3) is 5.72. The number of halogens is 2. The number of ether oxygens (including phenoxy) is 1. The Kier molecular flexibility index (Phi) is 7.15. The molecule has 1 amide bonds. The first-order valence-electron chi connectivity index (χ1n) is 11.0. The van der Waals surface area contributed by atoms with E-state index in [4.69, 9.17) is 27.9 Å². The van der Waals surface area contributed by atoms with Crippen molar-refractivity contribution in [1.82, 2.24) is 4.90 Å². The smallest absolute Gasteiger partial charge is 0.323 e. The maximum absolute atomic E-state index is 13.2. The molecular weight excluding hydrogens is 473 g/mol. The summed E-state index contributed by atoms with van der Waals surface area (Å²) in [6, 6.07) is 20.1. The summed E-state index contributed by atoms with van der Waals surface area (Å²) in [6.07, 6.45) is 2.19. The first kappa shape index (κ1) is 24.1. The molecule has 0 saturated carbocycles. The summed E-state index contributed by atoms with van der Waals surface area (Å²) in [5.41, 5.74) is 2.80. The van der Waals surface area contributed by atoms with E-state index in [0.717, 1.165) is 40.3 Å². The molecule has 0 fully saturated rings. The van der Waals surface area contributed by atoms with Crippen molar-refractivity contribution < 1.29 is 19.4 Å². The summed E-state index contributed by atoms with van der Waals surface area (Å²) in [5.74, 6) is -0.677. The van der Waals surface area contributed by atoms with Gasteiger partial charge in [0.05, 0.1) is 0 Å². The quantitative estimate of drug-likeness (QED) is 0.431. The Balaban J connectivity index is 1.52. The minimum absolute atomic E-state index is 0.172. The zero-order chi connectivity index (χ0) is 24.3. The summed E-state index contributed by atoms with van der Waals surface area (Å²) in [7, 11) is 0. The zero-order valence-corrected chi connectivity index (χ0v) is 20.3. The van der Waals surface area contributed by atoms with Crippen LogP contribution in [0.15, 0.2) is 66.7 Å². The van der Waals surface area contributed by atoms with E-state index in [0.29, 0.717) is 17.0 Å². The molecule has 0 aromatic heterocycles. The second kappa shape index (κ2) is 10.1. The van der Waals surface area contributed by atoms with Crippen molar-refractivity contribution >= 4 is 35.1 Å². The van der Waals surface area contributed by atoms with Crippen molar-refractivity contribution in [2.24, 2.45) is 0 Å². The number of hydrogen-bond donors (Lipinski definition) is 1. The number of carboxylic acid groups (broad SMARTS) is 1. The van der Waals surface area contributed by atoms with Crippen molar-refractivity contribution in [3.63, 3.8) is 0 Å². The number of aliphatic carboxylic acids is 1. The van der Waals surface area contributed by atoms with Gasteiger partial charge in [-0.25, -0.2) is 0 Å². The number of rotatable bonds is 7. The maximum Gasteiger partial charge on any atom is 0.323 e. The van der Waals surface area contributed by atoms with Crippen LogP contribution in [0.1, 0.15) is 40.4 Å². The second-order valence-electron chi connectivity index (χ2n) is 8.82. The monoisotopic (exact) mass is 497 g/mol. The molecule has 0 radical (unpaired) electrons. The van der Waals surface area contributed by atoms with Gasteiger partial charge in [-0.2, -0.15) is 0 Å². The summed E-state index contributed by atoms with van der Waals surface area (Å²) >= 11 is 12.3. The highest BCUT2D eigenvalue weighted by atomic mass is 35.5. The van der Waals surface area contributed by atoms with Gasteiger partial charge in [0.25, 0.3) is 5.91 Å². The van der Waals surface area contributed by atoms with Gasteiger partial charge in [-0.1, -0.05) is 53.5 Å². The molecule has 0 spiro atoms. The molecule has 0 bridgehead atoms. The lowest BCUT2D eigenvalue weighted by molar-refractivity contribution is -0.137. The molecule has 7 heteroatoms. The molecule has 3 aromatic carbocycles. The number of fused-ring (bicyclic) bond motifs is 1. The number of nitrogens with zero attached hydrogens (tertiary/aromatic N) is 1. The van der Waals surface area contributed by atoms with Crippen molar-refractivity contribution in [2.45, 2.75) is 38.3 Å². The van der Waals surface area contributed by atoms with E-state index >= 15 is 0 Å². The molecule has 1 aliphatic heterocycles. The topological polar surface area (TPSA) is 66.8 Å². The van der Waals surface area contributed by atoms with Crippen LogP contribution in [0.5, 0.6) is 5.75 Å². The fourth-order valence-electron chi connectivity index (χ4n) is 4.25. The van der Waals surface area contributed by atoms with Gasteiger partial charge in [-0.3, -0.25) is 9.59 Å². The van der Waals surface area contributed by atoms with Crippen LogP contribution in [0.25, 0.3) is 0 Å². The number of benzene rings is 3. The van der Waals surface area contributed by atoms with Gasteiger partial charge in [0, 0.05) is 28.6 Å². The highest BCUT2D eigenvalue weighted by Gasteiger charge is 2.33. The molecule has 1 atom stereocenters. The van der Waals surface area contributed by atoms with Gasteiger partial charge in [-0.15, -0.1) is 0 Å². The van der Waals surface area contributed by atoms with Gasteiger partial charge in [0.15, 0.2) is 0 Å². The van der Waals surface area contributed by atoms with E-state index in [2.05, 4.69) is 6.92 Å². The molecule has 0 aliphatic carbocycles. The number of carboxylic acids is 1. The number of aryl methyl sites for hydroxylation is 1. The van der Waals surface area contributed by atoms with Crippen molar-refractivity contribution in [1.29, 1.82) is 0 Å². The largest absolute Gasteiger partial charge is 0.487 e. The fourth-order valence-corrected chi connectivity index (χ4v) is 4.58. The summed E-state index contributed by atoms with van der Waals surface area (Å²) in [5, 5.41) is 10.6. The highest BCUT2D eigenvalue weighted by Crippen LogP contribution is 2.37. The van der Waals surface area contributed by atoms with Crippen LogP contribution in [0.3, 0.4) is 0 Å². The van der Waals surface area contributed by atoms with Gasteiger partial charge >= 0.3 is 5.97 Å². The average Bonchev–Trinajstić information content (AvgIpc) is 2.80. The number of carbonyl (C=O) groups excluding carboxylic acids is 1. The Morgan fingerprint density at radius 1 is 1.06 bits per heavy atom. The molecule has 1 N–H and O–H groups in total. The zero-order valence-electron chi connectivity index (χ0n) is 18.8. The van der Waals surface area contributed by atoms with Crippen LogP contribution in [-0.4, -0.2) is 34.0 Å². The number of amides is 1. The van der Waals surface area contributed by atoms with Gasteiger partial charge in [0.1, 0.15) is 17.9 Å². The molecule has 5 nitrogen and oxygen atoms in total. The molecule has 34 heavy (non-hydrogen) atoms. The summed E-state index contributed by atoms with van der Waals surface area (Å²) in [4.78, 5) is 26.0. The van der Waals surface area contributed by atoms with E-state index < -0.39 is 18.1 Å². The van der Waals surface area contributed by atoms with Crippen LogP contribution < -0.4 is 4.74 Å². The predicted molar refractivity (Wildman–Crippen MR) is 133 cm³/mol. The number of hydrogen-bond acceptors (Lipinski definition) is 3. The minimum Gasteiger partial charge on any atom is -0.487 e. The standard InChI is InChI=1S/C27H25Cl2NO4/c1-27(15-21-4-2-3-5-23(21)29)13-12-19-14-20(8-11-24(19)34-27)26(33)30(17-25(31)32)16-18-6-9-22(28)10-7-18/h2-11,14H,12-13,15-17H2,1H3,(H,31,32)/t27-/m0/s1. The third-order valence-electron chi connectivity index (χ3n) is 6.01. The average molecular weight is 498 g/mol. The van der Waals surface area contributed by atoms with Crippen LogP contribution in [0.2, 0.25) is 10.0 Å². The Hall–Kier alpha value is -3.02. The Bertz CT molecular complexity index is 1210. The molecule has 1 heterocycles. The van der Waals surface area contributed by atoms with Crippen molar-refractivity contribution in [2.75, 3.05) is 6.54 Å². The lowest BCUT2D eigenvalue weighted by Gasteiger charge is -2.36.